The molecule has 1 N–H and O–H groups in total. The summed E-state index contributed by atoms with van der Waals surface area (Å²) in [5.74, 6) is 0.531. The average Bonchev–Trinajstić information content (AvgIpc) is 3.41. The summed E-state index contributed by atoms with van der Waals surface area (Å²) in [7, 11) is 1.83. The Morgan fingerprint density at radius 3 is 2.66 bits per heavy atom. The molecule has 0 aliphatic carbocycles. The Bertz CT molecular complexity index is 1510. The van der Waals surface area contributed by atoms with E-state index in [1.165, 1.54) is 18.1 Å². The molecule has 0 aliphatic rings. The molecule has 9 heteroatoms. The fourth-order valence-electron chi connectivity index (χ4n) is 3.52. The molecule has 156 valence electrons. The zero-order valence-electron chi connectivity index (χ0n) is 17.0. The number of imidazole rings is 1. The van der Waals surface area contributed by atoms with E-state index < -0.39 is 0 Å². The van der Waals surface area contributed by atoms with E-state index in [2.05, 4.69) is 26.1 Å². The van der Waals surface area contributed by atoms with Crippen LogP contribution in [0, 0.1) is 11.3 Å². The Balaban J connectivity index is 1.47. The van der Waals surface area contributed by atoms with Crippen LogP contribution < -0.4 is 0 Å². The number of hydrogen-bond acceptors (Lipinski definition) is 7. The number of nitrogens with zero attached hydrogens (tertiary/aromatic N) is 7. The highest BCUT2D eigenvalue weighted by atomic mass is 32.2. The Kier molecular flexibility index (Phi) is 5.05. The number of benzene rings is 2. The number of fused-ring (bicyclic) bond motifs is 2. The van der Waals surface area contributed by atoms with Crippen molar-refractivity contribution < 1.29 is 5.11 Å². The molecule has 8 nitrogen and oxygen atoms in total. The monoisotopic (exact) mass is 439 g/mol. The second kappa shape index (κ2) is 8.17. The van der Waals surface area contributed by atoms with Gasteiger partial charge in [-0.2, -0.15) is 10.4 Å². The van der Waals surface area contributed by atoms with Crippen molar-refractivity contribution in [2.45, 2.75) is 5.03 Å². The zero-order chi connectivity index (χ0) is 22.1. The zero-order valence-corrected chi connectivity index (χ0v) is 17.9. The summed E-state index contributed by atoms with van der Waals surface area (Å²) in [6.45, 7) is 0. The summed E-state index contributed by atoms with van der Waals surface area (Å²) < 4.78 is 3.55. The molecule has 0 amide bonds. The lowest BCUT2D eigenvalue weighted by atomic mass is 10.2. The Hall–Kier alpha value is -4.16. The second-order valence-electron chi connectivity index (χ2n) is 7.01. The van der Waals surface area contributed by atoms with Crippen LogP contribution in [-0.2, 0) is 7.05 Å². The number of allylic oxidation sites excluding steroid dienone is 1. The SMILES string of the molecule is Cn1c(/C(C#N)=C(/O)CSc2ncnc3c2cnn3-c2ccccc2)nc2ccccc21. The van der Waals surface area contributed by atoms with Crippen LogP contribution in [0.2, 0.25) is 0 Å². The minimum atomic E-state index is -0.0573. The van der Waals surface area contributed by atoms with E-state index in [9.17, 15) is 10.4 Å². The van der Waals surface area contributed by atoms with Gasteiger partial charge in [-0.15, -0.1) is 0 Å². The molecule has 0 atom stereocenters. The van der Waals surface area contributed by atoms with E-state index >= 15 is 0 Å². The maximum atomic E-state index is 10.7. The smallest absolute Gasteiger partial charge is 0.167 e. The average molecular weight is 440 g/mol. The first kappa shape index (κ1) is 19.8. The van der Waals surface area contributed by atoms with Gasteiger partial charge in [0.25, 0.3) is 0 Å². The number of hydrogen-bond donors (Lipinski definition) is 1. The van der Waals surface area contributed by atoms with E-state index in [-0.39, 0.29) is 17.1 Å². The summed E-state index contributed by atoms with van der Waals surface area (Å²) in [5.41, 5.74) is 3.37. The minimum absolute atomic E-state index is 0.0573. The van der Waals surface area contributed by atoms with Gasteiger partial charge in [0.15, 0.2) is 11.5 Å². The topological polar surface area (TPSA) is 105 Å². The van der Waals surface area contributed by atoms with Crippen molar-refractivity contribution in [2.75, 3.05) is 5.75 Å². The first-order valence-corrected chi connectivity index (χ1v) is 10.8. The predicted molar refractivity (Wildman–Crippen MR) is 123 cm³/mol. The fourth-order valence-corrected chi connectivity index (χ4v) is 4.36. The first-order chi connectivity index (χ1) is 15.7. The largest absolute Gasteiger partial charge is 0.510 e. The summed E-state index contributed by atoms with van der Waals surface area (Å²) in [6, 6.07) is 19.4. The minimum Gasteiger partial charge on any atom is -0.510 e. The maximum absolute atomic E-state index is 10.7. The molecule has 3 aromatic heterocycles. The van der Waals surface area contributed by atoms with E-state index in [0.717, 1.165) is 22.1 Å². The number of nitriles is 1. The molecule has 0 saturated carbocycles. The molecule has 2 aromatic carbocycles. The predicted octanol–water partition coefficient (Wildman–Crippen LogP) is 4.29. The number of thioether (sulfide) groups is 1. The van der Waals surface area contributed by atoms with Crippen LogP contribution in [0.1, 0.15) is 5.82 Å². The van der Waals surface area contributed by atoms with Gasteiger partial charge in [0.05, 0.1) is 34.1 Å². The molecule has 0 bridgehead atoms. The molecule has 32 heavy (non-hydrogen) atoms. The van der Waals surface area contributed by atoms with E-state index in [1.54, 1.807) is 10.9 Å². The van der Waals surface area contributed by atoms with Crippen molar-refractivity contribution in [3.8, 4) is 11.8 Å². The van der Waals surface area contributed by atoms with Crippen molar-refractivity contribution in [1.82, 2.24) is 29.3 Å². The molecule has 5 rings (SSSR count). The van der Waals surface area contributed by atoms with Gasteiger partial charge in [-0.1, -0.05) is 42.1 Å². The molecule has 0 aliphatic heterocycles. The van der Waals surface area contributed by atoms with Crippen LogP contribution in [0.15, 0.2) is 77.9 Å². The first-order valence-electron chi connectivity index (χ1n) is 9.78. The number of para-hydroxylation sites is 3. The van der Waals surface area contributed by atoms with Crippen molar-refractivity contribution in [2.24, 2.45) is 7.05 Å². The highest BCUT2D eigenvalue weighted by molar-refractivity contribution is 7.99. The van der Waals surface area contributed by atoms with Crippen molar-refractivity contribution >= 4 is 39.4 Å². The number of aliphatic hydroxyl groups is 1. The lowest BCUT2D eigenvalue weighted by Gasteiger charge is -2.06. The highest BCUT2D eigenvalue weighted by Gasteiger charge is 2.18. The summed E-state index contributed by atoms with van der Waals surface area (Å²) in [4.78, 5) is 13.3. The summed E-state index contributed by atoms with van der Waals surface area (Å²) in [6.07, 6.45) is 3.19. The Morgan fingerprint density at radius 2 is 1.88 bits per heavy atom. The Labute approximate surface area is 187 Å². The highest BCUT2D eigenvalue weighted by Crippen LogP contribution is 2.29. The number of aromatic nitrogens is 6. The third-order valence-corrected chi connectivity index (χ3v) is 6.10. The second-order valence-corrected chi connectivity index (χ2v) is 7.98. The van der Waals surface area contributed by atoms with Crippen LogP contribution in [-0.4, -0.2) is 40.2 Å². The van der Waals surface area contributed by atoms with E-state index in [4.69, 9.17) is 0 Å². The van der Waals surface area contributed by atoms with E-state index in [1.807, 2.05) is 66.2 Å². The molecule has 0 saturated heterocycles. The molecular formula is C23H17N7OS. The third kappa shape index (κ3) is 3.36. The molecule has 5 aromatic rings. The lowest BCUT2D eigenvalue weighted by Crippen LogP contribution is -2.01. The normalized spacial score (nSPS) is 12.1. The van der Waals surface area contributed by atoms with Gasteiger partial charge < -0.3 is 9.67 Å². The maximum Gasteiger partial charge on any atom is 0.167 e. The summed E-state index contributed by atoms with van der Waals surface area (Å²) in [5, 5.41) is 26.4. The Morgan fingerprint density at radius 1 is 1.09 bits per heavy atom. The number of rotatable bonds is 5. The number of aliphatic hydroxyl groups excluding tert-OH is 1. The standard InChI is InChI=1S/C23H17N7OS/c1-29-19-10-6-5-9-18(19)28-22(29)16(11-24)20(31)13-32-23-17-12-27-30(21(17)25-14-26-23)15-7-3-2-4-8-15/h2-10,12,14,31H,13H2,1H3/b20-16+. The van der Waals surface area contributed by atoms with Crippen LogP contribution >= 0.6 is 11.8 Å². The van der Waals surface area contributed by atoms with E-state index in [0.29, 0.717) is 16.5 Å². The van der Waals surface area contributed by atoms with Crippen LogP contribution in [0.5, 0.6) is 0 Å². The molecule has 0 fully saturated rings. The lowest BCUT2D eigenvalue weighted by molar-refractivity contribution is 0.420. The van der Waals surface area contributed by atoms with Gasteiger partial charge in [0.2, 0.25) is 0 Å². The molecule has 0 spiro atoms. The van der Waals surface area contributed by atoms with Crippen LogP contribution in [0.4, 0.5) is 0 Å². The van der Waals surface area contributed by atoms with Crippen molar-refractivity contribution in [3.05, 3.63) is 78.7 Å². The fraction of sp³-hybridized carbons (Fsp3) is 0.0870. The van der Waals surface area contributed by atoms with Gasteiger partial charge in [-0.3, -0.25) is 0 Å². The van der Waals surface area contributed by atoms with Gasteiger partial charge in [-0.05, 0) is 24.3 Å². The van der Waals surface area contributed by atoms with Crippen molar-refractivity contribution in [1.29, 1.82) is 5.26 Å². The third-order valence-electron chi connectivity index (χ3n) is 5.09. The van der Waals surface area contributed by atoms with Gasteiger partial charge >= 0.3 is 0 Å². The molecule has 0 radical (unpaired) electrons. The quantitative estimate of drug-likeness (QED) is 0.188. The van der Waals surface area contributed by atoms with Crippen LogP contribution in [0.25, 0.3) is 33.3 Å². The molecular weight excluding hydrogens is 422 g/mol. The van der Waals surface area contributed by atoms with Gasteiger partial charge in [0, 0.05) is 7.05 Å². The van der Waals surface area contributed by atoms with Crippen LogP contribution in [0.3, 0.4) is 0 Å². The molecule has 0 unspecified atom stereocenters. The molecule has 3 heterocycles. The van der Waals surface area contributed by atoms with Gasteiger partial charge in [-0.25, -0.2) is 19.6 Å². The van der Waals surface area contributed by atoms with Gasteiger partial charge in [0.1, 0.15) is 28.8 Å². The number of aryl methyl sites for hydroxylation is 1. The van der Waals surface area contributed by atoms with Crippen molar-refractivity contribution in [3.63, 3.8) is 0 Å². The summed E-state index contributed by atoms with van der Waals surface area (Å²) >= 11 is 1.32.